The Labute approximate surface area is 124 Å². The fourth-order valence-corrected chi connectivity index (χ4v) is 2.22. The number of aromatic nitrogens is 4. The third-order valence-corrected chi connectivity index (χ3v) is 3.41. The number of hydrogen-bond donors (Lipinski definition) is 2. The van der Waals surface area contributed by atoms with Crippen molar-refractivity contribution in [3.8, 4) is 22.9 Å². The fraction of sp³-hybridized carbons (Fsp3) is 0.214. The van der Waals surface area contributed by atoms with E-state index in [4.69, 9.17) is 9.47 Å². The van der Waals surface area contributed by atoms with Gasteiger partial charge >= 0.3 is 5.69 Å². The standard InChI is InChI=1S/C14H14N4O4/c1-18-12-10(13(19)17-14(18)20)15-11(16-12)7-4-5-8(21-2)9(6-7)22-3/h4-6H,1-3H3,(H,15,16)(H,17,19,20). The van der Waals surface area contributed by atoms with E-state index < -0.39 is 11.2 Å². The zero-order valence-electron chi connectivity index (χ0n) is 12.3. The van der Waals surface area contributed by atoms with Crippen LogP contribution in [0.3, 0.4) is 0 Å². The number of rotatable bonds is 3. The maximum absolute atomic E-state index is 11.8. The van der Waals surface area contributed by atoms with Gasteiger partial charge in [-0.3, -0.25) is 14.3 Å². The maximum atomic E-state index is 11.8. The van der Waals surface area contributed by atoms with Gasteiger partial charge in [-0.2, -0.15) is 0 Å². The lowest BCUT2D eigenvalue weighted by Gasteiger charge is -2.08. The Bertz CT molecular complexity index is 967. The van der Waals surface area contributed by atoms with Gasteiger partial charge in [0.1, 0.15) is 11.3 Å². The molecular weight excluding hydrogens is 288 g/mol. The van der Waals surface area contributed by atoms with E-state index in [1.54, 1.807) is 32.4 Å². The number of H-pyrrole nitrogens is 2. The third-order valence-electron chi connectivity index (χ3n) is 3.41. The smallest absolute Gasteiger partial charge is 0.329 e. The van der Waals surface area contributed by atoms with Crippen LogP contribution in [0.15, 0.2) is 27.8 Å². The Hall–Kier alpha value is -3.03. The van der Waals surface area contributed by atoms with Crippen molar-refractivity contribution >= 4 is 11.2 Å². The lowest BCUT2D eigenvalue weighted by molar-refractivity contribution is 0.355. The molecule has 0 saturated heterocycles. The molecule has 2 aromatic heterocycles. The first-order valence-corrected chi connectivity index (χ1v) is 6.46. The minimum atomic E-state index is -0.511. The van der Waals surface area contributed by atoms with Crippen LogP contribution in [0.2, 0.25) is 0 Å². The van der Waals surface area contributed by atoms with Crippen molar-refractivity contribution in [1.29, 1.82) is 0 Å². The van der Waals surface area contributed by atoms with Gasteiger partial charge in [0.15, 0.2) is 17.1 Å². The molecule has 2 heterocycles. The van der Waals surface area contributed by atoms with Crippen LogP contribution in [0.1, 0.15) is 0 Å². The molecule has 0 aliphatic carbocycles. The number of methoxy groups -OCH3 is 2. The Morgan fingerprint density at radius 1 is 1.09 bits per heavy atom. The second-order valence-corrected chi connectivity index (χ2v) is 4.67. The molecule has 0 fully saturated rings. The number of hydrogen-bond acceptors (Lipinski definition) is 5. The summed E-state index contributed by atoms with van der Waals surface area (Å²) in [7, 11) is 4.63. The van der Waals surface area contributed by atoms with Gasteiger partial charge in [0.05, 0.1) is 14.2 Å². The van der Waals surface area contributed by atoms with Crippen molar-refractivity contribution < 1.29 is 9.47 Å². The number of imidazole rings is 1. The average Bonchev–Trinajstić information content (AvgIpc) is 2.98. The highest BCUT2D eigenvalue weighted by atomic mass is 16.5. The number of ether oxygens (including phenoxy) is 2. The average molecular weight is 302 g/mol. The van der Waals surface area contributed by atoms with Gasteiger partial charge in [0.25, 0.3) is 5.56 Å². The molecule has 0 aliphatic rings. The van der Waals surface area contributed by atoms with Crippen LogP contribution in [0, 0.1) is 0 Å². The SMILES string of the molecule is COc1ccc(-c2nc3c([nH]2)c(=O)[nH]c(=O)n3C)cc1OC. The summed E-state index contributed by atoms with van der Waals surface area (Å²) in [6.45, 7) is 0. The number of benzene rings is 1. The molecule has 0 saturated carbocycles. The quantitative estimate of drug-likeness (QED) is 0.739. The molecule has 3 rings (SSSR count). The van der Waals surface area contributed by atoms with Crippen molar-refractivity contribution in [3.63, 3.8) is 0 Å². The van der Waals surface area contributed by atoms with Crippen LogP contribution in [-0.4, -0.2) is 33.7 Å². The summed E-state index contributed by atoms with van der Waals surface area (Å²) in [5, 5.41) is 0. The molecule has 0 bridgehead atoms. The topological polar surface area (TPSA) is 102 Å². The number of aryl methyl sites for hydroxylation is 1. The number of aromatic amines is 2. The predicted octanol–water partition coefficient (Wildman–Crippen LogP) is 0.634. The van der Waals surface area contributed by atoms with Crippen molar-refractivity contribution in [2.75, 3.05) is 14.2 Å². The zero-order valence-corrected chi connectivity index (χ0v) is 12.3. The van der Waals surface area contributed by atoms with Crippen LogP contribution in [0.5, 0.6) is 11.5 Å². The van der Waals surface area contributed by atoms with Gasteiger partial charge in [-0.15, -0.1) is 0 Å². The molecule has 1 aromatic carbocycles. The summed E-state index contributed by atoms with van der Waals surface area (Å²) in [5.41, 5.74) is 0.228. The largest absolute Gasteiger partial charge is 0.493 e. The molecule has 2 N–H and O–H groups in total. The Kier molecular flexibility index (Phi) is 3.21. The van der Waals surface area contributed by atoms with E-state index in [-0.39, 0.29) is 5.52 Å². The van der Waals surface area contributed by atoms with Crippen molar-refractivity contribution in [3.05, 3.63) is 39.0 Å². The highest BCUT2D eigenvalue weighted by molar-refractivity contribution is 5.76. The molecule has 8 heteroatoms. The van der Waals surface area contributed by atoms with Gasteiger partial charge in [0.2, 0.25) is 0 Å². The lowest BCUT2D eigenvalue weighted by atomic mass is 10.2. The lowest BCUT2D eigenvalue weighted by Crippen LogP contribution is -2.28. The zero-order chi connectivity index (χ0) is 15.9. The summed E-state index contributed by atoms with van der Waals surface area (Å²) in [6, 6.07) is 5.26. The van der Waals surface area contributed by atoms with E-state index >= 15 is 0 Å². The predicted molar refractivity (Wildman–Crippen MR) is 80.5 cm³/mol. The molecule has 3 aromatic rings. The van der Waals surface area contributed by atoms with Crippen molar-refractivity contribution in [2.24, 2.45) is 7.05 Å². The normalized spacial score (nSPS) is 10.9. The van der Waals surface area contributed by atoms with Gasteiger partial charge in [-0.1, -0.05) is 0 Å². The number of nitrogens with one attached hydrogen (secondary N) is 2. The van der Waals surface area contributed by atoms with E-state index in [1.165, 1.54) is 11.7 Å². The molecule has 22 heavy (non-hydrogen) atoms. The highest BCUT2D eigenvalue weighted by Crippen LogP contribution is 2.31. The van der Waals surface area contributed by atoms with E-state index in [9.17, 15) is 9.59 Å². The van der Waals surface area contributed by atoms with Gasteiger partial charge in [-0.25, -0.2) is 9.78 Å². The number of fused-ring (bicyclic) bond motifs is 1. The summed E-state index contributed by atoms with van der Waals surface area (Å²) >= 11 is 0. The van der Waals surface area contributed by atoms with Crippen LogP contribution in [0.4, 0.5) is 0 Å². The first-order chi connectivity index (χ1) is 10.5. The van der Waals surface area contributed by atoms with Gasteiger partial charge < -0.3 is 14.5 Å². The van der Waals surface area contributed by atoms with Crippen LogP contribution in [0.25, 0.3) is 22.6 Å². The Morgan fingerprint density at radius 3 is 2.50 bits per heavy atom. The highest BCUT2D eigenvalue weighted by Gasteiger charge is 2.13. The number of nitrogens with zero attached hydrogens (tertiary/aromatic N) is 2. The second kappa shape index (κ2) is 5.06. The molecule has 8 nitrogen and oxygen atoms in total. The van der Waals surface area contributed by atoms with Crippen LogP contribution >= 0.6 is 0 Å². The van der Waals surface area contributed by atoms with Crippen molar-refractivity contribution in [2.45, 2.75) is 0 Å². The van der Waals surface area contributed by atoms with E-state index in [0.29, 0.717) is 28.5 Å². The molecule has 0 radical (unpaired) electrons. The summed E-state index contributed by atoms with van der Waals surface area (Å²) in [5.74, 6) is 1.60. The van der Waals surface area contributed by atoms with Crippen LogP contribution in [-0.2, 0) is 7.05 Å². The maximum Gasteiger partial charge on any atom is 0.329 e. The summed E-state index contributed by atoms with van der Waals surface area (Å²) in [6.07, 6.45) is 0. The first kappa shape index (κ1) is 13.9. The molecule has 114 valence electrons. The minimum absolute atomic E-state index is 0.242. The van der Waals surface area contributed by atoms with Gasteiger partial charge in [-0.05, 0) is 18.2 Å². The van der Waals surface area contributed by atoms with E-state index in [1.807, 2.05) is 0 Å². The van der Waals surface area contributed by atoms with Crippen LogP contribution < -0.4 is 20.7 Å². The summed E-state index contributed by atoms with van der Waals surface area (Å²) in [4.78, 5) is 32.9. The van der Waals surface area contributed by atoms with Crippen molar-refractivity contribution in [1.82, 2.24) is 19.5 Å². The fourth-order valence-electron chi connectivity index (χ4n) is 2.22. The molecule has 0 unspecified atom stereocenters. The Morgan fingerprint density at radius 2 is 1.82 bits per heavy atom. The molecular formula is C14H14N4O4. The molecule has 0 aliphatic heterocycles. The van der Waals surface area contributed by atoms with E-state index in [0.717, 1.165) is 0 Å². The molecule has 0 amide bonds. The molecule has 0 atom stereocenters. The Balaban J connectivity index is 2.23. The summed E-state index contributed by atoms with van der Waals surface area (Å²) < 4.78 is 11.7. The third kappa shape index (κ3) is 2.05. The minimum Gasteiger partial charge on any atom is -0.493 e. The van der Waals surface area contributed by atoms with E-state index in [2.05, 4.69) is 15.0 Å². The van der Waals surface area contributed by atoms with Gasteiger partial charge in [0, 0.05) is 12.6 Å². The second-order valence-electron chi connectivity index (χ2n) is 4.67. The monoisotopic (exact) mass is 302 g/mol. The molecule has 0 spiro atoms. The first-order valence-electron chi connectivity index (χ1n) is 6.46.